The summed E-state index contributed by atoms with van der Waals surface area (Å²) in [5.74, 6) is 1.28. The Hall–Kier alpha value is -3.78. The van der Waals surface area contributed by atoms with Crippen molar-refractivity contribution in [2.24, 2.45) is 0 Å². The van der Waals surface area contributed by atoms with E-state index < -0.39 is 9.84 Å². The molecule has 0 radical (unpaired) electrons. The van der Waals surface area contributed by atoms with Gasteiger partial charge in [-0.3, -0.25) is 0 Å². The lowest BCUT2D eigenvalue weighted by molar-refractivity contribution is 0.592. The standard InChI is InChI=1S/C27H27N5O2S/c1-17(2)19-9-13-21(14-10-19)28-25-23-7-5-6-8-24(23)32-26(29-25)27(30-31-32)35(33,34)22-15-11-20(12-16-22)18(3)4/h5-18H,1-4H3,(H,28,29). The minimum absolute atomic E-state index is 0.165. The van der Waals surface area contributed by atoms with Gasteiger partial charge in [-0.05, 0) is 59.4 Å². The molecule has 5 rings (SSSR count). The summed E-state index contributed by atoms with van der Waals surface area (Å²) in [5.41, 5.74) is 4.05. The lowest BCUT2D eigenvalue weighted by Crippen LogP contribution is -2.06. The largest absolute Gasteiger partial charge is 0.340 e. The fourth-order valence-corrected chi connectivity index (χ4v) is 5.28. The first-order chi connectivity index (χ1) is 16.8. The maximum Gasteiger partial charge on any atom is 0.229 e. The van der Waals surface area contributed by atoms with Crippen LogP contribution in [-0.2, 0) is 9.84 Å². The highest BCUT2D eigenvalue weighted by atomic mass is 32.2. The summed E-state index contributed by atoms with van der Waals surface area (Å²) in [6.07, 6.45) is 0. The van der Waals surface area contributed by atoms with Crippen LogP contribution in [0, 0.1) is 0 Å². The van der Waals surface area contributed by atoms with Crippen LogP contribution in [-0.4, -0.2) is 28.2 Å². The zero-order valence-corrected chi connectivity index (χ0v) is 20.9. The Labute approximate surface area is 204 Å². The van der Waals surface area contributed by atoms with Crippen molar-refractivity contribution in [2.75, 3.05) is 5.32 Å². The van der Waals surface area contributed by atoms with E-state index in [1.54, 1.807) is 12.1 Å². The Bertz CT molecular complexity index is 1620. The van der Waals surface area contributed by atoms with Crippen molar-refractivity contribution in [3.63, 3.8) is 0 Å². The topological polar surface area (TPSA) is 89.2 Å². The third kappa shape index (κ3) is 4.14. The summed E-state index contributed by atoms with van der Waals surface area (Å²) in [4.78, 5) is 4.87. The van der Waals surface area contributed by atoms with Gasteiger partial charge in [0.25, 0.3) is 0 Å². The van der Waals surface area contributed by atoms with Crippen molar-refractivity contribution in [3.05, 3.63) is 83.9 Å². The van der Waals surface area contributed by atoms with Crippen molar-refractivity contribution in [1.29, 1.82) is 0 Å². The molecule has 0 spiro atoms. The predicted molar refractivity (Wildman–Crippen MR) is 138 cm³/mol. The highest BCUT2D eigenvalue weighted by Crippen LogP contribution is 2.30. The summed E-state index contributed by atoms with van der Waals surface area (Å²) in [5, 5.41) is 12.2. The zero-order chi connectivity index (χ0) is 24.7. The number of hydrogen-bond acceptors (Lipinski definition) is 6. The van der Waals surface area contributed by atoms with Gasteiger partial charge >= 0.3 is 0 Å². The fourth-order valence-electron chi connectivity index (χ4n) is 4.05. The number of sulfone groups is 1. The maximum atomic E-state index is 13.5. The molecular formula is C27H27N5O2S. The third-order valence-electron chi connectivity index (χ3n) is 6.17. The highest BCUT2D eigenvalue weighted by molar-refractivity contribution is 7.91. The number of nitrogens with zero attached hydrogens (tertiary/aromatic N) is 4. The second kappa shape index (κ2) is 8.78. The molecule has 178 valence electrons. The van der Waals surface area contributed by atoms with E-state index in [4.69, 9.17) is 4.98 Å². The van der Waals surface area contributed by atoms with Crippen molar-refractivity contribution in [3.8, 4) is 0 Å². The van der Waals surface area contributed by atoms with E-state index in [-0.39, 0.29) is 15.6 Å². The van der Waals surface area contributed by atoms with E-state index in [9.17, 15) is 8.42 Å². The summed E-state index contributed by atoms with van der Waals surface area (Å²) < 4.78 is 28.5. The van der Waals surface area contributed by atoms with Gasteiger partial charge in [-0.25, -0.2) is 13.4 Å². The second-order valence-electron chi connectivity index (χ2n) is 9.24. The Morgan fingerprint density at radius 3 is 2.03 bits per heavy atom. The van der Waals surface area contributed by atoms with Crippen LogP contribution in [0.5, 0.6) is 0 Å². The summed E-state index contributed by atoms with van der Waals surface area (Å²) in [6.45, 7) is 8.43. The van der Waals surface area contributed by atoms with Gasteiger partial charge in [0, 0.05) is 11.1 Å². The van der Waals surface area contributed by atoms with Crippen LogP contribution in [0.25, 0.3) is 16.6 Å². The Kier molecular flexibility index (Phi) is 5.76. The van der Waals surface area contributed by atoms with Gasteiger partial charge in [0.15, 0.2) is 5.65 Å². The van der Waals surface area contributed by atoms with Crippen LogP contribution in [0.4, 0.5) is 11.5 Å². The Balaban J connectivity index is 1.64. The Morgan fingerprint density at radius 1 is 0.800 bits per heavy atom. The second-order valence-corrected chi connectivity index (χ2v) is 11.1. The fraction of sp³-hybridized carbons (Fsp3) is 0.222. The first kappa shape index (κ1) is 23.0. The van der Waals surface area contributed by atoms with Crippen LogP contribution in [0.3, 0.4) is 0 Å². The number of aromatic nitrogens is 4. The van der Waals surface area contributed by atoms with Gasteiger partial charge in [-0.1, -0.05) is 69.3 Å². The molecule has 7 nitrogen and oxygen atoms in total. The van der Waals surface area contributed by atoms with Crippen molar-refractivity contribution in [2.45, 2.75) is 49.5 Å². The van der Waals surface area contributed by atoms with Crippen molar-refractivity contribution >= 4 is 37.9 Å². The minimum atomic E-state index is -3.92. The van der Waals surface area contributed by atoms with Crippen molar-refractivity contribution in [1.82, 2.24) is 19.8 Å². The van der Waals surface area contributed by atoms with E-state index >= 15 is 0 Å². The average Bonchev–Trinajstić information content (AvgIpc) is 3.29. The quantitative estimate of drug-likeness (QED) is 0.313. The highest BCUT2D eigenvalue weighted by Gasteiger charge is 2.27. The molecule has 0 saturated carbocycles. The van der Waals surface area contributed by atoms with Crippen LogP contribution in [0.15, 0.2) is 82.7 Å². The lowest BCUT2D eigenvalue weighted by Gasteiger charge is -2.12. The molecule has 0 aliphatic heterocycles. The van der Waals surface area contributed by atoms with Gasteiger partial charge in [0.1, 0.15) is 5.82 Å². The molecule has 0 fully saturated rings. The number of nitrogens with one attached hydrogen (secondary N) is 1. The average molecular weight is 486 g/mol. The van der Waals surface area contributed by atoms with E-state index in [2.05, 4.69) is 55.5 Å². The van der Waals surface area contributed by atoms with Gasteiger partial charge in [0.05, 0.1) is 10.4 Å². The van der Waals surface area contributed by atoms with Crippen molar-refractivity contribution < 1.29 is 8.42 Å². The van der Waals surface area contributed by atoms with Crippen LogP contribution in [0.1, 0.15) is 50.7 Å². The number of hydrogen-bond donors (Lipinski definition) is 1. The molecule has 0 unspecified atom stereocenters. The molecule has 2 heterocycles. The van der Waals surface area contributed by atoms with E-state index in [0.29, 0.717) is 23.2 Å². The minimum Gasteiger partial charge on any atom is -0.340 e. The first-order valence-electron chi connectivity index (χ1n) is 11.6. The molecule has 0 bridgehead atoms. The molecule has 0 atom stereocenters. The maximum absolute atomic E-state index is 13.5. The molecule has 2 aromatic heterocycles. The molecule has 3 aromatic carbocycles. The monoisotopic (exact) mass is 485 g/mol. The summed E-state index contributed by atoms with van der Waals surface area (Å²) in [7, 11) is -3.92. The first-order valence-corrected chi connectivity index (χ1v) is 13.1. The van der Waals surface area contributed by atoms with E-state index in [1.807, 2.05) is 48.5 Å². The number of fused-ring (bicyclic) bond motifs is 3. The number of anilines is 2. The lowest BCUT2D eigenvalue weighted by atomic mass is 10.0. The molecular weight excluding hydrogens is 458 g/mol. The molecule has 1 N–H and O–H groups in total. The van der Waals surface area contributed by atoms with E-state index in [0.717, 1.165) is 16.6 Å². The molecule has 5 aromatic rings. The number of rotatable bonds is 6. The van der Waals surface area contributed by atoms with Gasteiger partial charge in [0.2, 0.25) is 14.9 Å². The van der Waals surface area contributed by atoms with Crippen LogP contribution in [0.2, 0.25) is 0 Å². The van der Waals surface area contributed by atoms with E-state index in [1.165, 1.54) is 10.1 Å². The smallest absolute Gasteiger partial charge is 0.229 e. The normalized spacial score (nSPS) is 12.2. The van der Waals surface area contributed by atoms with Crippen LogP contribution >= 0.6 is 0 Å². The number of para-hydroxylation sites is 1. The predicted octanol–water partition coefficient (Wildman–Crippen LogP) is 6.10. The molecule has 0 aliphatic rings. The molecule has 0 saturated heterocycles. The molecule has 0 aliphatic carbocycles. The summed E-state index contributed by atoms with van der Waals surface area (Å²) >= 11 is 0. The Morgan fingerprint density at radius 2 is 1.40 bits per heavy atom. The number of benzene rings is 3. The molecule has 0 amide bonds. The zero-order valence-electron chi connectivity index (χ0n) is 20.1. The summed E-state index contributed by atoms with van der Waals surface area (Å²) in [6, 6.07) is 22.6. The SMILES string of the molecule is CC(C)c1ccc(Nc2nc3c(S(=O)(=O)c4ccc(C(C)C)cc4)nnn3c3ccccc23)cc1. The van der Waals surface area contributed by atoms with Gasteiger partial charge in [-0.2, -0.15) is 4.52 Å². The van der Waals surface area contributed by atoms with Gasteiger partial charge in [-0.15, -0.1) is 5.10 Å². The van der Waals surface area contributed by atoms with Crippen LogP contribution < -0.4 is 5.32 Å². The third-order valence-corrected chi connectivity index (χ3v) is 7.84. The molecule has 35 heavy (non-hydrogen) atoms. The molecule has 8 heteroatoms. The van der Waals surface area contributed by atoms with Gasteiger partial charge < -0.3 is 5.32 Å².